The van der Waals surface area contributed by atoms with Gasteiger partial charge in [-0.1, -0.05) is 0 Å². The minimum absolute atomic E-state index is 0.220. The molecule has 0 saturated heterocycles. The van der Waals surface area contributed by atoms with E-state index in [0.29, 0.717) is 6.54 Å². The highest BCUT2D eigenvalue weighted by atomic mass is 16.3. The van der Waals surface area contributed by atoms with Crippen molar-refractivity contribution in [2.75, 3.05) is 6.54 Å². The number of nitrogens with two attached hydrogens (primary N) is 1. The first kappa shape index (κ1) is 5.92. The summed E-state index contributed by atoms with van der Waals surface area (Å²) in [4.78, 5) is 0. The van der Waals surface area contributed by atoms with Crippen LogP contribution in [-0.2, 0) is 0 Å². The molecule has 38 valence electrons. The van der Waals surface area contributed by atoms with E-state index < -0.39 is 0 Å². The van der Waals surface area contributed by atoms with Crippen LogP contribution in [0.25, 0.3) is 0 Å². The number of hydrogen-bond donors (Lipinski definition) is 2. The standard InChI is InChI=1S/C4H11NO/c1-4(6)3-5-2/h4,6H,2-3,5H2,1H3. The highest BCUT2D eigenvalue weighted by molar-refractivity contribution is 4.34. The molecule has 0 fully saturated rings. The lowest BCUT2D eigenvalue weighted by Crippen LogP contribution is -2.79. The summed E-state index contributed by atoms with van der Waals surface area (Å²) >= 11 is 0. The molecule has 0 aromatic heterocycles. The Morgan fingerprint density at radius 1 is 2.00 bits per heavy atom. The number of aliphatic hydroxyl groups excluding tert-OH is 1. The summed E-state index contributed by atoms with van der Waals surface area (Å²) in [5.74, 6) is 0. The van der Waals surface area contributed by atoms with Crippen LogP contribution in [0, 0.1) is 7.05 Å². The Balaban J connectivity index is 2.63. The van der Waals surface area contributed by atoms with Crippen LogP contribution in [0.15, 0.2) is 0 Å². The Morgan fingerprint density at radius 3 is 2.50 bits per heavy atom. The molecule has 0 amide bonds. The van der Waals surface area contributed by atoms with Crippen LogP contribution in [0.5, 0.6) is 0 Å². The van der Waals surface area contributed by atoms with Crippen molar-refractivity contribution in [2.45, 2.75) is 13.0 Å². The number of hydrogen-bond acceptors (Lipinski definition) is 1. The van der Waals surface area contributed by atoms with Crippen molar-refractivity contribution in [2.24, 2.45) is 0 Å². The molecule has 0 rings (SSSR count). The molecule has 0 aliphatic carbocycles. The molecule has 0 aromatic carbocycles. The van der Waals surface area contributed by atoms with Crippen LogP contribution in [0.3, 0.4) is 0 Å². The summed E-state index contributed by atoms with van der Waals surface area (Å²) in [6.45, 7) is 2.43. The Labute approximate surface area is 38.2 Å². The molecule has 0 saturated carbocycles. The van der Waals surface area contributed by atoms with Gasteiger partial charge in [-0.3, -0.25) is 0 Å². The fourth-order valence-electron chi connectivity index (χ4n) is 0.241. The molecule has 6 heavy (non-hydrogen) atoms. The Bertz CT molecular complexity index is 28.7. The van der Waals surface area contributed by atoms with Crippen LogP contribution in [-0.4, -0.2) is 17.8 Å². The second kappa shape index (κ2) is 3.12. The second-order valence-electron chi connectivity index (χ2n) is 1.37. The quantitative estimate of drug-likeness (QED) is 0.406. The van der Waals surface area contributed by atoms with Crippen LogP contribution in [0.1, 0.15) is 6.92 Å². The fourth-order valence-corrected chi connectivity index (χ4v) is 0.241. The molecule has 0 radical (unpaired) electrons. The van der Waals surface area contributed by atoms with Gasteiger partial charge in [-0.05, 0) is 6.92 Å². The molecule has 0 aliphatic rings. The number of quaternary nitrogens is 1. The lowest BCUT2D eigenvalue weighted by atomic mass is 10.4. The monoisotopic (exact) mass is 89.1 g/mol. The maximum Gasteiger partial charge on any atom is 0.0978 e. The highest BCUT2D eigenvalue weighted by Gasteiger charge is 1.87. The SMILES string of the molecule is [CH2-][NH2+]CC(C)O. The largest absolute Gasteiger partial charge is 0.477 e. The number of aliphatic hydroxyl groups is 1. The molecule has 0 aliphatic heterocycles. The maximum atomic E-state index is 8.48. The molecule has 1 unspecified atom stereocenters. The molecule has 2 nitrogen and oxygen atoms in total. The van der Waals surface area contributed by atoms with E-state index in [-0.39, 0.29) is 6.10 Å². The summed E-state index contributed by atoms with van der Waals surface area (Å²) in [5.41, 5.74) is 0. The van der Waals surface area contributed by atoms with E-state index in [1.807, 2.05) is 0 Å². The normalized spacial score (nSPS) is 14.5. The first-order valence-electron chi connectivity index (χ1n) is 2.06. The van der Waals surface area contributed by atoms with Gasteiger partial charge in [0.05, 0.1) is 12.6 Å². The second-order valence-corrected chi connectivity index (χ2v) is 1.37. The van der Waals surface area contributed by atoms with Gasteiger partial charge in [0.15, 0.2) is 0 Å². The Morgan fingerprint density at radius 2 is 2.50 bits per heavy atom. The summed E-state index contributed by atoms with van der Waals surface area (Å²) in [6, 6.07) is 0. The average molecular weight is 89.1 g/mol. The van der Waals surface area contributed by atoms with E-state index in [9.17, 15) is 0 Å². The van der Waals surface area contributed by atoms with Gasteiger partial charge in [0.1, 0.15) is 0 Å². The van der Waals surface area contributed by atoms with Gasteiger partial charge in [0, 0.05) is 0 Å². The molecule has 2 heteroatoms. The van der Waals surface area contributed by atoms with E-state index in [1.54, 1.807) is 12.2 Å². The lowest BCUT2D eigenvalue weighted by molar-refractivity contribution is -0.602. The summed E-state index contributed by atoms with van der Waals surface area (Å²) < 4.78 is 0. The van der Waals surface area contributed by atoms with Gasteiger partial charge in [0.2, 0.25) is 0 Å². The van der Waals surface area contributed by atoms with E-state index in [0.717, 1.165) is 0 Å². The van der Waals surface area contributed by atoms with Crippen molar-refractivity contribution in [3.05, 3.63) is 7.05 Å². The Hall–Kier alpha value is -0.0800. The van der Waals surface area contributed by atoms with Crippen molar-refractivity contribution in [1.29, 1.82) is 0 Å². The fraction of sp³-hybridized carbons (Fsp3) is 0.750. The minimum Gasteiger partial charge on any atom is -0.477 e. The summed E-state index contributed by atoms with van der Waals surface area (Å²) in [7, 11) is 3.44. The van der Waals surface area contributed by atoms with Gasteiger partial charge >= 0.3 is 0 Å². The molecule has 0 aromatic rings. The van der Waals surface area contributed by atoms with Crippen LogP contribution in [0.2, 0.25) is 0 Å². The topological polar surface area (TPSA) is 36.8 Å². The zero-order chi connectivity index (χ0) is 4.99. The van der Waals surface area contributed by atoms with Crippen LogP contribution in [0.4, 0.5) is 0 Å². The predicted molar refractivity (Wildman–Crippen MR) is 23.8 cm³/mol. The molecular weight excluding hydrogens is 78.0 g/mol. The van der Waals surface area contributed by atoms with Gasteiger partial charge in [-0.25, -0.2) is 0 Å². The zero-order valence-electron chi connectivity index (χ0n) is 4.02. The van der Waals surface area contributed by atoms with Gasteiger partial charge in [-0.15, -0.1) is 0 Å². The highest BCUT2D eigenvalue weighted by Crippen LogP contribution is 1.64. The van der Waals surface area contributed by atoms with Crippen LogP contribution >= 0.6 is 0 Å². The minimum atomic E-state index is -0.220. The Kier molecular flexibility index (Phi) is 3.08. The van der Waals surface area contributed by atoms with E-state index in [2.05, 4.69) is 7.05 Å². The van der Waals surface area contributed by atoms with Gasteiger partial charge in [-0.2, -0.15) is 7.05 Å². The van der Waals surface area contributed by atoms with Crippen molar-refractivity contribution >= 4 is 0 Å². The van der Waals surface area contributed by atoms with Crippen molar-refractivity contribution < 1.29 is 10.4 Å². The number of rotatable bonds is 2. The van der Waals surface area contributed by atoms with E-state index >= 15 is 0 Å². The van der Waals surface area contributed by atoms with Gasteiger partial charge < -0.3 is 10.4 Å². The smallest absolute Gasteiger partial charge is 0.0978 e. The molecule has 0 spiro atoms. The molecule has 0 bridgehead atoms. The predicted octanol–water partition coefficient (Wildman–Crippen LogP) is -1.28. The lowest BCUT2D eigenvalue weighted by Gasteiger charge is -1.99. The molecule has 3 N–H and O–H groups in total. The summed E-state index contributed by atoms with van der Waals surface area (Å²) in [6.07, 6.45) is -0.220. The van der Waals surface area contributed by atoms with Crippen molar-refractivity contribution in [3.8, 4) is 0 Å². The van der Waals surface area contributed by atoms with E-state index in [1.165, 1.54) is 0 Å². The van der Waals surface area contributed by atoms with Crippen LogP contribution < -0.4 is 5.32 Å². The summed E-state index contributed by atoms with van der Waals surface area (Å²) in [5, 5.41) is 10.2. The maximum absolute atomic E-state index is 8.48. The zero-order valence-corrected chi connectivity index (χ0v) is 4.02. The van der Waals surface area contributed by atoms with Crippen molar-refractivity contribution in [1.82, 2.24) is 0 Å². The molecule has 0 heterocycles. The average Bonchev–Trinajstić information content (AvgIpc) is 1.35. The first-order chi connectivity index (χ1) is 2.77. The van der Waals surface area contributed by atoms with E-state index in [4.69, 9.17) is 5.11 Å². The third-order valence-corrected chi connectivity index (χ3v) is 0.508. The third-order valence-electron chi connectivity index (χ3n) is 0.508. The first-order valence-corrected chi connectivity index (χ1v) is 2.06. The van der Waals surface area contributed by atoms with Gasteiger partial charge in [0.25, 0.3) is 0 Å². The molecular formula is C4H11NO. The van der Waals surface area contributed by atoms with Crippen molar-refractivity contribution in [3.63, 3.8) is 0 Å². The molecule has 1 atom stereocenters. The third kappa shape index (κ3) is 3.92.